The maximum Gasteiger partial charge on any atom is 0.220 e. The molecule has 3 unspecified atom stereocenters. The number of ether oxygens (including phenoxy) is 1. The quantitative estimate of drug-likeness (QED) is 0.757. The number of carbonyl (C=O) groups excluding carboxylic acids is 1. The molecule has 0 radical (unpaired) electrons. The summed E-state index contributed by atoms with van der Waals surface area (Å²) in [5.74, 6) is 0.222. The fourth-order valence-corrected chi connectivity index (χ4v) is 3.02. The van der Waals surface area contributed by atoms with Crippen LogP contribution in [0.4, 0.5) is 0 Å². The summed E-state index contributed by atoms with van der Waals surface area (Å²) in [5, 5.41) is 3.05. The van der Waals surface area contributed by atoms with Crippen molar-refractivity contribution < 1.29 is 9.53 Å². The molecule has 0 aliphatic carbocycles. The van der Waals surface area contributed by atoms with Crippen molar-refractivity contribution in [3.63, 3.8) is 0 Å². The molecule has 2 aliphatic rings. The average Bonchev–Trinajstić information content (AvgIpc) is 2.42. The molecule has 0 bridgehead atoms. The van der Waals surface area contributed by atoms with Crippen LogP contribution in [0.2, 0.25) is 0 Å². The topological polar surface area (TPSA) is 38.3 Å². The third-order valence-electron chi connectivity index (χ3n) is 4.01. The van der Waals surface area contributed by atoms with E-state index in [0.29, 0.717) is 18.6 Å². The molecule has 1 spiro atoms. The van der Waals surface area contributed by atoms with Crippen LogP contribution in [0.3, 0.4) is 0 Å². The maximum atomic E-state index is 11.4. The molecule has 2 aliphatic heterocycles. The highest BCUT2D eigenvalue weighted by atomic mass is 16.5. The lowest BCUT2D eigenvalue weighted by atomic mass is 9.72. The van der Waals surface area contributed by atoms with Gasteiger partial charge in [0.2, 0.25) is 5.91 Å². The van der Waals surface area contributed by atoms with Crippen LogP contribution in [-0.2, 0) is 9.53 Å². The average molecular weight is 211 g/mol. The van der Waals surface area contributed by atoms with Gasteiger partial charge in [0.05, 0.1) is 6.10 Å². The van der Waals surface area contributed by atoms with Crippen LogP contribution in [0.5, 0.6) is 0 Å². The van der Waals surface area contributed by atoms with Crippen LogP contribution in [0.25, 0.3) is 0 Å². The Morgan fingerprint density at radius 2 is 2.40 bits per heavy atom. The largest absolute Gasteiger partial charge is 0.378 e. The smallest absolute Gasteiger partial charge is 0.220 e. The molecular weight excluding hydrogens is 190 g/mol. The van der Waals surface area contributed by atoms with Crippen molar-refractivity contribution in [1.82, 2.24) is 5.32 Å². The molecule has 0 saturated carbocycles. The highest BCUT2D eigenvalue weighted by molar-refractivity contribution is 5.79. The first-order valence-corrected chi connectivity index (χ1v) is 6.07. The molecule has 3 heteroatoms. The zero-order valence-electron chi connectivity index (χ0n) is 9.71. The van der Waals surface area contributed by atoms with E-state index < -0.39 is 0 Å². The summed E-state index contributed by atoms with van der Waals surface area (Å²) in [6.45, 7) is 5.15. The Morgan fingerprint density at radius 1 is 1.60 bits per heavy atom. The predicted molar refractivity (Wildman–Crippen MR) is 58.5 cm³/mol. The van der Waals surface area contributed by atoms with Gasteiger partial charge in [0.25, 0.3) is 0 Å². The Hall–Kier alpha value is -0.570. The summed E-state index contributed by atoms with van der Waals surface area (Å²) in [6, 6.07) is 0.327. The molecule has 0 aromatic heterocycles. The van der Waals surface area contributed by atoms with Gasteiger partial charge in [-0.3, -0.25) is 4.79 Å². The van der Waals surface area contributed by atoms with E-state index in [9.17, 15) is 4.79 Å². The molecule has 1 amide bonds. The minimum Gasteiger partial charge on any atom is -0.378 e. The van der Waals surface area contributed by atoms with E-state index in [4.69, 9.17) is 4.74 Å². The summed E-state index contributed by atoms with van der Waals surface area (Å²) in [7, 11) is 0. The van der Waals surface area contributed by atoms with Gasteiger partial charge in [0.15, 0.2) is 0 Å². The van der Waals surface area contributed by atoms with E-state index in [1.54, 1.807) is 0 Å². The lowest BCUT2D eigenvalue weighted by Crippen LogP contribution is -2.42. The number of hydrogen-bond donors (Lipinski definition) is 1. The fraction of sp³-hybridized carbons (Fsp3) is 0.917. The second-order valence-corrected chi connectivity index (χ2v) is 5.06. The van der Waals surface area contributed by atoms with Crippen LogP contribution < -0.4 is 5.32 Å². The number of hydrogen-bond acceptors (Lipinski definition) is 2. The van der Waals surface area contributed by atoms with Crippen LogP contribution in [-0.4, -0.2) is 24.7 Å². The van der Waals surface area contributed by atoms with E-state index in [1.807, 2.05) is 0 Å². The molecule has 1 N–H and O–H groups in total. The Morgan fingerprint density at radius 3 is 3.00 bits per heavy atom. The molecule has 15 heavy (non-hydrogen) atoms. The molecular formula is C12H21NO2. The number of nitrogens with one attached hydrogen (secondary N) is 1. The predicted octanol–water partition coefficient (Wildman–Crippen LogP) is 1.86. The highest BCUT2D eigenvalue weighted by Crippen LogP contribution is 2.43. The van der Waals surface area contributed by atoms with Crippen LogP contribution in [0.15, 0.2) is 0 Å². The fourth-order valence-electron chi connectivity index (χ4n) is 3.02. The molecule has 2 heterocycles. The van der Waals surface area contributed by atoms with E-state index in [1.165, 1.54) is 0 Å². The Kier molecular flexibility index (Phi) is 3.01. The van der Waals surface area contributed by atoms with Crippen LogP contribution >= 0.6 is 0 Å². The summed E-state index contributed by atoms with van der Waals surface area (Å²) in [6.07, 6.45) is 5.46. The molecule has 2 fully saturated rings. The van der Waals surface area contributed by atoms with Gasteiger partial charge in [-0.25, -0.2) is 0 Å². The number of carbonyl (C=O) groups is 1. The third-order valence-corrected chi connectivity index (χ3v) is 4.01. The van der Waals surface area contributed by atoms with Crippen molar-refractivity contribution in [3.8, 4) is 0 Å². The van der Waals surface area contributed by atoms with Gasteiger partial charge in [0, 0.05) is 24.5 Å². The van der Waals surface area contributed by atoms with E-state index >= 15 is 0 Å². The lowest BCUT2D eigenvalue weighted by Gasteiger charge is -2.40. The van der Waals surface area contributed by atoms with Crippen molar-refractivity contribution >= 4 is 5.91 Å². The lowest BCUT2D eigenvalue weighted by molar-refractivity contribution is -0.120. The van der Waals surface area contributed by atoms with Crippen molar-refractivity contribution in [1.29, 1.82) is 0 Å². The van der Waals surface area contributed by atoms with Crippen molar-refractivity contribution in [2.75, 3.05) is 6.61 Å². The first-order valence-electron chi connectivity index (χ1n) is 6.07. The van der Waals surface area contributed by atoms with E-state index in [-0.39, 0.29) is 11.3 Å². The second kappa shape index (κ2) is 4.12. The Balaban J connectivity index is 2.04. The molecule has 2 rings (SSSR count). The molecule has 3 atom stereocenters. The molecule has 3 nitrogen and oxygen atoms in total. The molecule has 86 valence electrons. The zero-order chi connectivity index (χ0) is 10.9. The summed E-state index contributed by atoms with van der Waals surface area (Å²) in [5.41, 5.74) is 0.190. The van der Waals surface area contributed by atoms with Crippen LogP contribution in [0.1, 0.15) is 46.0 Å². The second-order valence-electron chi connectivity index (χ2n) is 5.06. The monoisotopic (exact) mass is 211 g/mol. The number of amides is 1. The van der Waals surface area contributed by atoms with Crippen molar-refractivity contribution in [3.05, 3.63) is 0 Å². The molecule has 0 aromatic carbocycles. The normalized spacial score (nSPS) is 40.8. The summed E-state index contributed by atoms with van der Waals surface area (Å²) < 4.78 is 5.75. The minimum absolute atomic E-state index is 0.190. The van der Waals surface area contributed by atoms with Crippen molar-refractivity contribution in [2.45, 2.75) is 58.1 Å². The van der Waals surface area contributed by atoms with E-state index in [0.717, 1.165) is 32.3 Å². The Labute approximate surface area is 91.6 Å². The molecule has 0 aromatic rings. The number of rotatable bonds is 2. The maximum absolute atomic E-state index is 11.4. The van der Waals surface area contributed by atoms with Crippen molar-refractivity contribution in [2.24, 2.45) is 5.41 Å². The summed E-state index contributed by atoms with van der Waals surface area (Å²) >= 11 is 0. The van der Waals surface area contributed by atoms with E-state index in [2.05, 4.69) is 19.2 Å². The zero-order valence-corrected chi connectivity index (χ0v) is 9.71. The van der Waals surface area contributed by atoms with Gasteiger partial charge < -0.3 is 10.1 Å². The van der Waals surface area contributed by atoms with Gasteiger partial charge in [-0.1, -0.05) is 13.3 Å². The highest BCUT2D eigenvalue weighted by Gasteiger charge is 2.47. The van der Waals surface area contributed by atoms with Gasteiger partial charge in [-0.05, 0) is 26.2 Å². The first kappa shape index (κ1) is 10.9. The third kappa shape index (κ3) is 2.03. The standard InChI is InChI=1S/C12H21NO2/c1-3-4-10-7-12(5-6-15-10)8-11(14)13-9(12)2/h9-10H,3-8H2,1-2H3,(H,13,14). The SMILES string of the molecule is CCCC1CC2(CCO1)CC(=O)NC2C. The Bertz CT molecular complexity index is 252. The van der Waals surface area contributed by atoms with Crippen LogP contribution in [0, 0.1) is 5.41 Å². The molecule has 2 saturated heterocycles. The van der Waals surface area contributed by atoms with Gasteiger partial charge in [-0.15, -0.1) is 0 Å². The minimum atomic E-state index is 0.190. The first-order chi connectivity index (χ1) is 7.16. The van der Waals surface area contributed by atoms with Gasteiger partial charge in [-0.2, -0.15) is 0 Å². The van der Waals surface area contributed by atoms with Gasteiger partial charge in [0.1, 0.15) is 0 Å². The summed E-state index contributed by atoms with van der Waals surface area (Å²) in [4.78, 5) is 11.4. The van der Waals surface area contributed by atoms with Gasteiger partial charge >= 0.3 is 0 Å².